The van der Waals surface area contributed by atoms with Gasteiger partial charge in [-0.3, -0.25) is 10.1 Å². The fourth-order valence-corrected chi connectivity index (χ4v) is 3.73. The first-order valence-electron chi connectivity index (χ1n) is 7.63. The summed E-state index contributed by atoms with van der Waals surface area (Å²) in [6.45, 7) is 6.66. The molecule has 0 aromatic heterocycles. The van der Waals surface area contributed by atoms with Gasteiger partial charge in [-0.15, -0.1) is 0 Å². The summed E-state index contributed by atoms with van der Waals surface area (Å²) in [6.07, 6.45) is 4.89. The van der Waals surface area contributed by atoms with Crippen LogP contribution in [-0.2, 0) is 5.33 Å². The van der Waals surface area contributed by atoms with Gasteiger partial charge in [0.15, 0.2) is 0 Å². The van der Waals surface area contributed by atoms with Crippen molar-refractivity contribution >= 4 is 27.3 Å². The number of hydrogen-bond donors (Lipinski definition) is 0. The molecule has 1 heterocycles. The number of halogens is 1. The van der Waals surface area contributed by atoms with Gasteiger partial charge < -0.3 is 4.90 Å². The summed E-state index contributed by atoms with van der Waals surface area (Å²) in [7, 11) is 0. The molecule has 0 saturated carbocycles. The zero-order valence-corrected chi connectivity index (χ0v) is 14.4. The normalized spacial score (nSPS) is 17.8. The Hall–Kier alpha value is -1.10. The van der Waals surface area contributed by atoms with Crippen molar-refractivity contribution in [2.75, 3.05) is 18.0 Å². The minimum absolute atomic E-state index is 0.168. The minimum Gasteiger partial charge on any atom is -0.371 e. The molecule has 0 unspecified atom stereocenters. The van der Waals surface area contributed by atoms with Crippen LogP contribution in [-0.4, -0.2) is 18.0 Å². The number of anilines is 1. The molecule has 21 heavy (non-hydrogen) atoms. The summed E-state index contributed by atoms with van der Waals surface area (Å²) >= 11 is 3.46. The molecular weight excluding hydrogens is 332 g/mol. The molecule has 0 radical (unpaired) electrons. The molecule has 1 aromatic rings. The SMILES string of the molecule is CCC1(CC)CCN(c2ccc([N+](=O)[O-])cc2CBr)CC1. The van der Waals surface area contributed by atoms with E-state index in [2.05, 4.69) is 34.7 Å². The van der Waals surface area contributed by atoms with Gasteiger partial charge in [0.2, 0.25) is 0 Å². The van der Waals surface area contributed by atoms with Crippen LogP contribution in [0.3, 0.4) is 0 Å². The molecule has 116 valence electrons. The Balaban J connectivity index is 2.18. The van der Waals surface area contributed by atoms with Crippen LogP contribution in [0, 0.1) is 15.5 Å². The first kappa shape index (κ1) is 16.3. The first-order chi connectivity index (χ1) is 10.0. The maximum atomic E-state index is 10.9. The molecule has 0 spiro atoms. The van der Waals surface area contributed by atoms with Crippen molar-refractivity contribution in [2.45, 2.75) is 44.9 Å². The third kappa shape index (κ3) is 3.39. The predicted molar refractivity (Wildman–Crippen MR) is 90.2 cm³/mol. The molecule has 4 nitrogen and oxygen atoms in total. The van der Waals surface area contributed by atoms with E-state index in [0.29, 0.717) is 10.7 Å². The van der Waals surface area contributed by atoms with Gasteiger partial charge in [0.25, 0.3) is 5.69 Å². The standard InChI is InChI=1S/C16H23BrN2O2/c1-3-16(4-2)7-9-18(10-8-16)15-6-5-14(19(20)21)11-13(15)12-17/h5-6,11H,3-4,7-10,12H2,1-2H3. The Morgan fingerprint density at radius 3 is 2.38 bits per heavy atom. The fourth-order valence-electron chi connectivity index (χ4n) is 3.28. The topological polar surface area (TPSA) is 46.4 Å². The molecule has 2 rings (SSSR count). The maximum absolute atomic E-state index is 10.9. The van der Waals surface area contributed by atoms with E-state index in [1.807, 2.05) is 6.07 Å². The lowest BCUT2D eigenvalue weighted by Crippen LogP contribution is -2.40. The number of non-ortho nitro benzene ring substituents is 1. The zero-order valence-electron chi connectivity index (χ0n) is 12.8. The van der Waals surface area contributed by atoms with Gasteiger partial charge >= 0.3 is 0 Å². The monoisotopic (exact) mass is 354 g/mol. The largest absolute Gasteiger partial charge is 0.371 e. The Morgan fingerprint density at radius 1 is 1.29 bits per heavy atom. The van der Waals surface area contributed by atoms with E-state index >= 15 is 0 Å². The van der Waals surface area contributed by atoms with Crippen LogP contribution in [0.2, 0.25) is 0 Å². The highest BCUT2D eigenvalue weighted by molar-refractivity contribution is 9.08. The lowest BCUT2D eigenvalue weighted by molar-refractivity contribution is -0.384. The number of benzene rings is 1. The van der Waals surface area contributed by atoms with E-state index in [4.69, 9.17) is 0 Å². The predicted octanol–water partition coefficient (Wildman–Crippen LogP) is 4.90. The van der Waals surface area contributed by atoms with Crippen molar-refractivity contribution in [3.8, 4) is 0 Å². The second-order valence-corrected chi connectivity index (χ2v) is 6.46. The molecule has 0 N–H and O–H groups in total. The molecule has 0 aliphatic carbocycles. The molecule has 1 fully saturated rings. The highest BCUT2D eigenvalue weighted by atomic mass is 79.9. The quantitative estimate of drug-likeness (QED) is 0.429. The number of nitro groups is 1. The number of hydrogen-bond acceptors (Lipinski definition) is 3. The van der Waals surface area contributed by atoms with E-state index < -0.39 is 0 Å². The van der Waals surface area contributed by atoms with Crippen LogP contribution < -0.4 is 4.90 Å². The molecule has 0 bridgehead atoms. The number of rotatable bonds is 5. The number of alkyl halides is 1. The van der Waals surface area contributed by atoms with Crippen LogP contribution in [0.4, 0.5) is 11.4 Å². The van der Waals surface area contributed by atoms with Gasteiger partial charge in [0, 0.05) is 36.2 Å². The van der Waals surface area contributed by atoms with E-state index in [9.17, 15) is 10.1 Å². The Morgan fingerprint density at radius 2 is 1.90 bits per heavy atom. The van der Waals surface area contributed by atoms with E-state index in [-0.39, 0.29) is 10.6 Å². The molecule has 0 amide bonds. The second kappa shape index (κ2) is 6.77. The van der Waals surface area contributed by atoms with Crippen molar-refractivity contribution in [1.82, 2.24) is 0 Å². The van der Waals surface area contributed by atoms with Gasteiger partial charge in [0.05, 0.1) is 4.92 Å². The summed E-state index contributed by atoms with van der Waals surface area (Å²) in [6, 6.07) is 5.20. The fraction of sp³-hybridized carbons (Fsp3) is 0.625. The highest BCUT2D eigenvalue weighted by Gasteiger charge is 2.31. The molecule has 1 aliphatic heterocycles. The van der Waals surface area contributed by atoms with Crippen molar-refractivity contribution in [1.29, 1.82) is 0 Å². The van der Waals surface area contributed by atoms with Gasteiger partial charge in [-0.2, -0.15) is 0 Å². The van der Waals surface area contributed by atoms with Gasteiger partial charge in [-0.05, 0) is 29.9 Å². The second-order valence-electron chi connectivity index (χ2n) is 5.90. The highest BCUT2D eigenvalue weighted by Crippen LogP contribution is 2.40. The smallest absolute Gasteiger partial charge is 0.269 e. The molecule has 5 heteroatoms. The lowest BCUT2D eigenvalue weighted by Gasteiger charge is -2.42. The maximum Gasteiger partial charge on any atom is 0.269 e. The van der Waals surface area contributed by atoms with E-state index in [0.717, 1.165) is 24.3 Å². The number of nitrogens with zero attached hydrogens (tertiary/aromatic N) is 2. The van der Waals surface area contributed by atoms with Gasteiger partial charge in [0.1, 0.15) is 0 Å². The molecule has 0 atom stereocenters. The van der Waals surface area contributed by atoms with E-state index in [1.165, 1.54) is 25.7 Å². The molecule has 1 aromatic carbocycles. The van der Waals surface area contributed by atoms with Crippen molar-refractivity contribution < 1.29 is 4.92 Å². The minimum atomic E-state index is -0.328. The van der Waals surface area contributed by atoms with Gasteiger partial charge in [-0.25, -0.2) is 0 Å². The van der Waals surface area contributed by atoms with Crippen LogP contribution in [0.25, 0.3) is 0 Å². The summed E-state index contributed by atoms with van der Waals surface area (Å²) in [4.78, 5) is 12.9. The lowest BCUT2D eigenvalue weighted by atomic mass is 9.74. The zero-order chi connectivity index (χ0) is 15.5. The van der Waals surface area contributed by atoms with Crippen LogP contribution in [0.15, 0.2) is 18.2 Å². The summed E-state index contributed by atoms with van der Waals surface area (Å²) in [5.41, 5.74) is 2.80. The summed E-state index contributed by atoms with van der Waals surface area (Å²) in [5, 5.41) is 11.5. The molecule has 1 aliphatic rings. The first-order valence-corrected chi connectivity index (χ1v) is 8.75. The summed E-state index contributed by atoms with van der Waals surface area (Å²) < 4.78 is 0. The summed E-state index contributed by atoms with van der Waals surface area (Å²) in [5.74, 6) is 0. The number of nitro benzene ring substituents is 1. The van der Waals surface area contributed by atoms with E-state index in [1.54, 1.807) is 12.1 Å². The number of piperidine rings is 1. The molecule has 1 saturated heterocycles. The average molecular weight is 355 g/mol. The molecular formula is C16H23BrN2O2. The average Bonchev–Trinajstić information content (AvgIpc) is 2.54. The van der Waals surface area contributed by atoms with Crippen LogP contribution in [0.5, 0.6) is 0 Å². The Kier molecular flexibility index (Phi) is 5.25. The van der Waals surface area contributed by atoms with Crippen molar-refractivity contribution in [2.24, 2.45) is 5.41 Å². The van der Waals surface area contributed by atoms with Crippen molar-refractivity contribution in [3.05, 3.63) is 33.9 Å². The van der Waals surface area contributed by atoms with Crippen LogP contribution in [0.1, 0.15) is 45.1 Å². The van der Waals surface area contributed by atoms with Crippen molar-refractivity contribution in [3.63, 3.8) is 0 Å². The Labute approximate surface area is 134 Å². The Bertz CT molecular complexity index is 505. The third-order valence-corrected chi connectivity index (χ3v) is 5.69. The third-order valence-electron chi connectivity index (χ3n) is 5.08. The van der Waals surface area contributed by atoms with Crippen LogP contribution >= 0.6 is 15.9 Å². The van der Waals surface area contributed by atoms with Gasteiger partial charge in [-0.1, -0.05) is 42.6 Å².